The summed E-state index contributed by atoms with van der Waals surface area (Å²) in [5, 5.41) is 2.06. The highest BCUT2D eigenvalue weighted by Crippen LogP contribution is 2.39. The topological polar surface area (TPSA) is 77.3 Å². The lowest BCUT2D eigenvalue weighted by Gasteiger charge is -2.26. The first kappa shape index (κ1) is 21.8. The lowest BCUT2D eigenvalue weighted by molar-refractivity contribution is 0.0730. The molecule has 2 aromatic carbocycles. The number of thioether (sulfide) groups is 1. The highest BCUT2D eigenvalue weighted by molar-refractivity contribution is 7.99. The number of hydrogen-bond acceptors (Lipinski definition) is 7. The highest BCUT2D eigenvalue weighted by Gasteiger charge is 2.27. The third kappa shape index (κ3) is 3.94. The Morgan fingerprint density at radius 1 is 1.12 bits per heavy atom. The number of nitrogens with zero attached hydrogens (tertiary/aromatic N) is 4. The predicted octanol–water partition coefficient (Wildman–Crippen LogP) is 4.54. The van der Waals surface area contributed by atoms with Gasteiger partial charge in [-0.15, -0.1) is 11.3 Å². The smallest absolute Gasteiger partial charge is 0.243 e. The summed E-state index contributed by atoms with van der Waals surface area (Å²) in [6, 6.07) is 13.4. The van der Waals surface area contributed by atoms with Crippen LogP contribution < -0.4 is 0 Å². The lowest BCUT2D eigenvalue weighted by atomic mass is 10.3. The number of rotatable bonds is 6. The second kappa shape index (κ2) is 8.75. The van der Waals surface area contributed by atoms with E-state index in [2.05, 4.69) is 24.5 Å². The number of imidazole rings is 1. The van der Waals surface area contributed by atoms with Crippen LogP contribution in [-0.4, -0.2) is 53.6 Å². The van der Waals surface area contributed by atoms with E-state index in [0.29, 0.717) is 31.8 Å². The van der Waals surface area contributed by atoms with Crippen molar-refractivity contribution in [3.63, 3.8) is 0 Å². The molecule has 1 unspecified atom stereocenters. The van der Waals surface area contributed by atoms with Crippen LogP contribution in [0.1, 0.15) is 24.1 Å². The van der Waals surface area contributed by atoms with Crippen LogP contribution in [-0.2, 0) is 21.3 Å². The molecular formula is C22H24N4O3S3. The van der Waals surface area contributed by atoms with Crippen molar-refractivity contribution in [1.29, 1.82) is 0 Å². The number of morpholine rings is 1. The van der Waals surface area contributed by atoms with Crippen LogP contribution in [0.4, 0.5) is 0 Å². The summed E-state index contributed by atoms with van der Waals surface area (Å²) < 4.78 is 36.2. The number of ether oxygens (including phenoxy) is 1. The van der Waals surface area contributed by atoms with Gasteiger partial charge >= 0.3 is 0 Å². The number of para-hydroxylation sites is 1. The summed E-state index contributed by atoms with van der Waals surface area (Å²) in [6.45, 7) is 6.57. The zero-order valence-electron chi connectivity index (χ0n) is 17.9. The van der Waals surface area contributed by atoms with E-state index in [4.69, 9.17) is 14.7 Å². The summed E-state index contributed by atoms with van der Waals surface area (Å²) >= 11 is 3.36. The maximum atomic E-state index is 13.1. The van der Waals surface area contributed by atoms with Crippen molar-refractivity contribution in [2.75, 3.05) is 26.3 Å². The first-order chi connectivity index (χ1) is 15.5. The minimum absolute atomic E-state index is 0.131. The SMILES string of the molecule is CCn1c(SC(C)c2nc3ccccc3s2)nc2cc(S(=O)(=O)N3CCOCC3)ccc21. The van der Waals surface area contributed by atoms with Crippen LogP contribution in [0.3, 0.4) is 0 Å². The molecule has 0 radical (unpaired) electrons. The molecule has 1 atom stereocenters. The standard InChI is InChI=1S/C22H24N4O3S3/c1-3-26-19-9-8-16(32(27,28)25-10-12-29-13-11-25)14-18(19)24-22(26)30-15(2)21-23-17-6-4-5-7-20(17)31-21/h4-9,14-15H,3,10-13H2,1-2H3. The molecule has 1 aliphatic rings. The van der Waals surface area contributed by atoms with Gasteiger partial charge in [-0.1, -0.05) is 23.9 Å². The van der Waals surface area contributed by atoms with E-state index in [-0.39, 0.29) is 10.1 Å². The van der Waals surface area contributed by atoms with Crippen molar-refractivity contribution in [2.24, 2.45) is 0 Å². The zero-order chi connectivity index (χ0) is 22.3. The van der Waals surface area contributed by atoms with E-state index < -0.39 is 10.0 Å². The second-order valence-corrected chi connectivity index (χ2v) is 11.9. The van der Waals surface area contributed by atoms with Gasteiger partial charge in [0.25, 0.3) is 0 Å². The minimum Gasteiger partial charge on any atom is -0.379 e. The van der Waals surface area contributed by atoms with Gasteiger partial charge in [0.05, 0.1) is 44.6 Å². The average Bonchev–Trinajstić information content (AvgIpc) is 3.40. The molecule has 0 N–H and O–H groups in total. The maximum Gasteiger partial charge on any atom is 0.243 e. The molecule has 0 bridgehead atoms. The quantitative estimate of drug-likeness (QED) is 0.371. The number of aryl methyl sites for hydroxylation is 1. The number of aromatic nitrogens is 3. The van der Waals surface area contributed by atoms with Gasteiger partial charge in [0.1, 0.15) is 5.01 Å². The van der Waals surface area contributed by atoms with Crippen molar-refractivity contribution < 1.29 is 13.2 Å². The molecule has 0 saturated carbocycles. The summed E-state index contributed by atoms with van der Waals surface area (Å²) in [5.41, 5.74) is 2.65. The van der Waals surface area contributed by atoms with Crippen LogP contribution in [0, 0.1) is 0 Å². The summed E-state index contributed by atoms with van der Waals surface area (Å²) in [6.07, 6.45) is 0. The van der Waals surface area contributed by atoms with Crippen LogP contribution in [0.5, 0.6) is 0 Å². The Hall–Kier alpha value is -1.98. The fourth-order valence-corrected chi connectivity index (χ4v) is 7.44. The molecule has 1 fully saturated rings. The van der Waals surface area contributed by atoms with Crippen LogP contribution in [0.25, 0.3) is 21.3 Å². The van der Waals surface area contributed by atoms with Gasteiger partial charge in [-0.25, -0.2) is 18.4 Å². The molecule has 0 spiro atoms. The molecule has 0 aliphatic carbocycles. The normalized spacial score (nSPS) is 16.7. The molecule has 4 aromatic rings. The van der Waals surface area contributed by atoms with Crippen LogP contribution in [0.15, 0.2) is 52.5 Å². The van der Waals surface area contributed by atoms with E-state index in [1.54, 1.807) is 35.2 Å². The molecule has 2 aromatic heterocycles. The number of thiazole rings is 1. The van der Waals surface area contributed by atoms with E-state index in [9.17, 15) is 8.42 Å². The van der Waals surface area contributed by atoms with Gasteiger partial charge in [0.15, 0.2) is 5.16 Å². The Morgan fingerprint density at radius 3 is 2.66 bits per heavy atom. The zero-order valence-corrected chi connectivity index (χ0v) is 20.3. The van der Waals surface area contributed by atoms with E-state index >= 15 is 0 Å². The molecule has 7 nitrogen and oxygen atoms in total. The first-order valence-electron chi connectivity index (χ1n) is 10.6. The van der Waals surface area contributed by atoms with Crippen LogP contribution >= 0.6 is 23.1 Å². The largest absolute Gasteiger partial charge is 0.379 e. The van der Waals surface area contributed by atoms with Gasteiger partial charge in [-0.2, -0.15) is 4.31 Å². The van der Waals surface area contributed by atoms with Crippen molar-refractivity contribution >= 4 is 54.4 Å². The Labute approximate surface area is 195 Å². The maximum absolute atomic E-state index is 13.1. The monoisotopic (exact) mass is 488 g/mol. The molecule has 0 amide bonds. The highest BCUT2D eigenvalue weighted by atomic mass is 32.2. The minimum atomic E-state index is -3.56. The first-order valence-corrected chi connectivity index (χ1v) is 13.7. The number of sulfonamides is 1. The Kier molecular flexibility index (Phi) is 5.98. The molecule has 32 heavy (non-hydrogen) atoms. The number of benzene rings is 2. The molecule has 168 valence electrons. The molecule has 10 heteroatoms. The lowest BCUT2D eigenvalue weighted by Crippen LogP contribution is -2.40. The Bertz CT molecular complexity index is 1340. The van der Waals surface area contributed by atoms with Crippen molar-refractivity contribution in [1.82, 2.24) is 18.8 Å². The fourth-order valence-electron chi connectivity index (χ4n) is 3.85. The predicted molar refractivity (Wildman–Crippen MR) is 129 cm³/mol. The summed E-state index contributed by atoms with van der Waals surface area (Å²) in [5.74, 6) is 0. The van der Waals surface area contributed by atoms with E-state index in [0.717, 1.165) is 27.7 Å². The van der Waals surface area contributed by atoms with Gasteiger partial charge in [-0.3, -0.25) is 0 Å². The third-order valence-electron chi connectivity index (χ3n) is 5.55. The molecule has 3 heterocycles. The van der Waals surface area contributed by atoms with E-state index in [1.807, 2.05) is 24.3 Å². The second-order valence-electron chi connectivity index (χ2n) is 7.59. The van der Waals surface area contributed by atoms with Crippen LogP contribution in [0.2, 0.25) is 0 Å². The Balaban J connectivity index is 1.47. The van der Waals surface area contributed by atoms with Crippen molar-refractivity contribution in [3.05, 3.63) is 47.5 Å². The van der Waals surface area contributed by atoms with Gasteiger partial charge < -0.3 is 9.30 Å². The molecule has 1 aliphatic heterocycles. The van der Waals surface area contributed by atoms with E-state index in [1.165, 1.54) is 9.01 Å². The van der Waals surface area contributed by atoms with Gasteiger partial charge in [-0.05, 0) is 44.2 Å². The number of hydrogen-bond donors (Lipinski definition) is 0. The molecule has 1 saturated heterocycles. The van der Waals surface area contributed by atoms with Gasteiger partial charge in [0, 0.05) is 19.6 Å². The third-order valence-corrected chi connectivity index (χ3v) is 9.91. The molecular weight excluding hydrogens is 464 g/mol. The number of fused-ring (bicyclic) bond motifs is 2. The van der Waals surface area contributed by atoms with Crippen molar-refractivity contribution in [3.8, 4) is 0 Å². The summed E-state index contributed by atoms with van der Waals surface area (Å²) in [7, 11) is -3.56. The van der Waals surface area contributed by atoms with Crippen molar-refractivity contribution in [2.45, 2.75) is 35.7 Å². The average molecular weight is 489 g/mol. The molecule has 5 rings (SSSR count). The van der Waals surface area contributed by atoms with Gasteiger partial charge in [0.2, 0.25) is 10.0 Å². The Morgan fingerprint density at radius 2 is 1.91 bits per heavy atom. The summed E-state index contributed by atoms with van der Waals surface area (Å²) in [4.78, 5) is 9.88. The fraction of sp³-hybridized carbons (Fsp3) is 0.364.